The topological polar surface area (TPSA) is 90.6 Å². The van der Waals surface area contributed by atoms with Crippen LogP contribution in [0.4, 0.5) is 0 Å². The SMILES string of the molecule is O=c1oc(-c2ccco2)nn1CC(O)COCc1ccc(Cl)cc1. The molecule has 0 radical (unpaired) electrons. The Morgan fingerprint density at radius 3 is 2.79 bits per heavy atom. The summed E-state index contributed by atoms with van der Waals surface area (Å²) in [7, 11) is 0. The zero-order chi connectivity index (χ0) is 16.9. The third-order valence-electron chi connectivity index (χ3n) is 3.21. The summed E-state index contributed by atoms with van der Waals surface area (Å²) < 4.78 is 16.6. The molecule has 3 aromatic rings. The summed E-state index contributed by atoms with van der Waals surface area (Å²) in [6, 6.07) is 10.5. The zero-order valence-corrected chi connectivity index (χ0v) is 13.3. The van der Waals surface area contributed by atoms with Crippen molar-refractivity contribution < 1.29 is 18.7 Å². The van der Waals surface area contributed by atoms with Crippen LogP contribution in [0, 0.1) is 0 Å². The molecule has 7 nitrogen and oxygen atoms in total. The molecule has 0 aliphatic rings. The van der Waals surface area contributed by atoms with E-state index in [9.17, 15) is 9.90 Å². The third-order valence-corrected chi connectivity index (χ3v) is 3.47. The predicted octanol–water partition coefficient (Wildman–Crippen LogP) is 2.33. The smallest absolute Gasteiger partial charge is 0.437 e. The lowest BCUT2D eigenvalue weighted by molar-refractivity contribution is 0.0178. The number of aliphatic hydroxyl groups is 1. The van der Waals surface area contributed by atoms with Crippen molar-refractivity contribution in [2.24, 2.45) is 0 Å². The highest BCUT2D eigenvalue weighted by Gasteiger charge is 2.15. The molecule has 0 amide bonds. The van der Waals surface area contributed by atoms with Gasteiger partial charge < -0.3 is 18.7 Å². The Balaban J connectivity index is 1.52. The molecule has 0 spiro atoms. The van der Waals surface area contributed by atoms with Crippen LogP contribution in [0.3, 0.4) is 0 Å². The second-order valence-electron chi connectivity index (χ2n) is 5.13. The van der Waals surface area contributed by atoms with Gasteiger partial charge in [-0.05, 0) is 29.8 Å². The van der Waals surface area contributed by atoms with Gasteiger partial charge in [0.05, 0.1) is 32.1 Å². The monoisotopic (exact) mass is 350 g/mol. The van der Waals surface area contributed by atoms with Crippen molar-refractivity contribution in [2.45, 2.75) is 19.3 Å². The minimum absolute atomic E-state index is 0.0380. The molecular formula is C16H15ClN2O5. The summed E-state index contributed by atoms with van der Waals surface area (Å²) in [5.41, 5.74) is 0.935. The number of hydrogen-bond donors (Lipinski definition) is 1. The average Bonchev–Trinajstić information content (AvgIpc) is 3.20. The lowest BCUT2D eigenvalue weighted by Gasteiger charge is -2.10. The van der Waals surface area contributed by atoms with Gasteiger partial charge in [-0.15, -0.1) is 5.10 Å². The molecule has 24 heavy (non-hydrogen) atoms. The van der Waals surface area contributed by atoms with Gasteiger partial charge in [0.2, 0.25) is 0 Å². The fourth-order valence-electron chi connectivity index (χ4n) is 2.07. The average molecular weight is 351 g/mol. The number of hydrogen-bond acceptors (Lipinski definition) is 6. The van der Waals surface area contributed by atoms with E-state index < -0.39 is 11.9 Å². The minimum atomic E-state index is -0.899. The van der Waals surface area contributed by atoms with E-state index >= 15 is 0 Å². The molecule has 1 atom stereocenters. The first-order chi connectivity index (χ1) is 11.6. The first kappa shape index (κ1) is 16.5. The Kier molecular flexibility index (Phi) is 5.14. The number of rotatable bonds is 7. The van der Waals surface area contributed by atoms with Gasteiger partial charge in [-0.1, -0.05) is 23.7 Å². The summed E-state index contributed by atoms with van der Waals surface area (Å²) in [5.74, 6) is -0.253. The van der Waals surface area contributed by atoms with E-state index in [1.807, 2.05) is 12.1 Å². The van der Waals surface area contributed by atoms with E-state index in [1.165, 1.54) is 6.26 Å². The molecule has 1 unspecified atom stereocenters. The Morgan fingerprint density at radius 1 is 1.29 bits per heavy atom. The molecule has 0 saturated carbocycles. The van der Waals surface area contributed by atoms with Crippen LogP contribution in [0.25, 0.3) is 11.7 Å². The first-order valence-electron chi connectivity index (χ1n) is 7.24. The van der Waals surface area contributed by atoms with Crippen molar-refractivity contribution in [1.29, 1.82) is 0 Å². The lowest BCUT2D eigenvalue weighted by Crippen LogP contribution is -2.28. The highest BCUT2D eigenvalue weighted by atomic mass is 35.5. The van der Waals surface area contributed by atoms with Crippen molar-refractivity contribution in [3.8, 4) is 11.7 Å². The van der Waals surface area contributed by atoms with E-state index in [1.54, 1.807) is 24.3 Å². The fraction of sp³-hybridized carbons (Fsp3) is 0.250. The van der Waals surface area contributed by atoms with Crippen molar-refractivity contribution in [1.82, 2.24) is 9.78 Å². The van der Waals surface area contributed by atoms with E-state index in [4.69, 9.17) is 25.2 Å². The van der Waals surface area contributed by atoms with Gasteiger partial charge in [-0.2, -0.15) is 4.68 Å². The Hall–Kier alpha value is -2.35. The molecule has 2 aromatic heterocycles. The summed E-state index contributed by atoms with van der Waals surface area (Å²) in [6.45, 7) is 0.348. The summed E-state index contributed by atoms with van der Waals surface area (Å²) in [5, 5.41) is 14.6. The van der Waals surface area contributed by atoms with E-state index in [0.29, 0.717) is 17.4 Å². The van der Waals surface area contributed by atoms with Crippen molar-refractivity contribution in [2.75, 3.05) is 6.61 Å². The number of furan rings is 1. The molecular weight excluding hydrogens is 336 g/mol. The standard InChI is InChI=1S/C16H15ClN2O5/c17-12-5-3-11(4-6-12)9-22-10-13(20)8-19-16(21)24-15(18-19)14-2-1-7-23-14/h1-7,13,20H,8-10H2. The number of nitrogens with zero attached hydrogens (tertiary/aromatic N) is 2. The molecule has 0 aliphatic carbocycles. The van der Waals surface area contributed by atoms with Gasteiger partial charge in [-0.25, -0.2) is 4.79 Å². The maximum atomic E-state index is 11.7. The second-order valence-corrected chi connectivity index (χ2v) is 5.56. The Bertz CT molecular complexity index is 823. The Labute approximate surface area is 142 Å². The highest BCUT2D eigenvalue weighted by Crippen LogP contribution is 2.15. The van der Waals surface area contributed by atoms with Crippen LogP contribution in [-0.4, -0.2) is 27.6 Å². The van der Waals surface area contributed by atoms with Gasteiger partial charge in [0.1, 0.15) is 0 Å². The van der Waals surface area contributed by atoms with Crippen LogP contribution in [0.15, 0.2) is 56.3 Å². The predicted molar refractivity (Wildman–Crippen MR) is 85.6 cm³/mol. The molecule has 126 valence electrons. The first-order valence-corrected chi connectivity index (χ1v) is 7.61. The van der Waals surface area contributed by atoms with E-state index in [-0.39, 0.29) is 19.0 Å². The normalized spacial score (nSPS) is 12.4. The van der Waals surface area contributed by atoms with Crippen molar-refractivity contribution in [3.05, 3.63) is 63.8 Å². The minimum Gasteiger partial charge on any atom is -0.459 e. The molecule has 2 heterocycles. The van der Waals surface area contributed by atoms with Gasteiger partial charge in [0, 0.05) is 5.02 Å². The number of ether oxygens (including phenoxy) is 1. The van der Waals surface area contributed by atoms with E-state index in [0.717, 1.165) is 10.2 Å². The molecule has 0 fully saturated rings. The van der Waals surface area contributed by atoms with Crippen LogP contribution in [0.2, 0.25) is 5.02 Å². The van der Waals surface area contributed by atoms with Gasteiger partial charge in [0.15, 0.2) is 5.76 Å². The van der Waals surface area contributed by atoms with Crippen LogP contribution >= 0.6 is 11.6 Å². The molecule has 1 aromatic carbocycles. The van der Waals surface area contributed by atoms with Gasteiger partial charge in [0.25, 0.3) is 5.89 Å². The summed E-state index contributed by atoms with van der Waals surface area (Å²) >= 11 is 5.80. The maximum Gasteiger partial charge on any atom is 0.437 e. The molecule has 1 N–H and O–H groups in total. The van der Waals surface area contributed by atoms with Crippen molar-refractivity contribution in [3.63, 3.8) is 0 Å². The van der Waals surface area contributed by atoms with E-state index in [2.05, 4.69) is 5.10 Å². The zero-order valence-electron chi connectivity index (χ0n) is 12.6. The van der Waals surface area contributed by atoms with Crippen molar-refractivity contribution >= 4 is 11.6 Å². The molecule has 0 saturated heterocycles. The molecule has 0 aliphatic heterocycles. The Morgan fingerprint density at radius 2 is 2.08 bits per heavy atom. The summed E-state index contributed by atoms with van der Waals surface area (Å²) in [4.78, 5) is 11.7. The number of aliphatic hydroxyl groups excluding tert-OH is 1. The fourth-order valence-corrected chi connectivity index (χ4v) is 2.19. The molecule has 0 bridgehead atoms. The maximum absolute atomic E-state index is 11.7. The second kappa shape index (κ2) is 7.48. The third kappa shape index (κ3) is 4.14. The quantitative estimate of drug-likeness (QED) is 0.703. The number of benzene rings is 1. The molecule has 8 heteroatoms. The lowest BCUT2D eigenvalue weighted by atomic mass is 10.2. The van der Waals surface area contributed by atoms with Crippen LogP contribution in [-0.2, 0) is 17.9 Å². The van der Waals surface area contributed by atoms with Crippen LogP contribution < -0.4 is 5.76 Å². The highest BCUT2D eigenvalue weighted by molar-refractivity contribution is 6.30. The van der Waals surface area contributed by atoms with Gasteiger partial charge >= 0.3 is 5.76 Å². The summed E-state index contributed by atoms with van der Waals surface area (Å²) in [6.07, 6.45) is 0.554. The van der Waals surface area contributed by atoms with Gasteiger partial charge in [-0.3, -0.25) is 0 Å². The number of halogens is 1. The van der Waals surface area contributed by atoms with Crippen LogP contribution in [0.5, 0.6) is 0 Å². The largest absolute Gasteiger partial charge is 0.459 e. The number of aromatic nitrogens is 2. The van der Waals surface area contributed by atoms with Crippen LogP contribution in [0.1, 0.15) is 5.56 Å². The molecule has 3 rings (SSSR count).